The Morgan fingerprint density at radius 1 is 1.28 bits per heavy atom. The average molecular weight is 347 g/mol. The fourth-order valence-corrected chi connectivity index (χ4v) is 2.07. The maximum Gasteiger partial charge on any atom is 0.534 e. The van der Waals surface area contributed by atoms with E-state index in [1.54, 1.807) is 13.8 Å². The van der Waals surface area contributed by atoms with Crippen LogP contribution in [0.4, 0.5) is 13.2 Å². The number of alkyl halides is 3. The largest absolute Gasteiger partial charge is 0.534 e. The lowest BCUT2D eigenvalue weighted by atomic mass is 10.0. The summed E-state index contributed by atoms with van der Waals surface area (Å²) in [6.45, 7) is 3.43. The zero-order valence-corrected chi connectivity index (χ0v) is 11.9. The fourth-order valence-electron chi connectivity index (χ4n) is 1.21. The predicted molar refractivity (Wildman–Crippen MR) is 63.8 cm³/mol. The van der Waals surface area contributed by atoms with Crippen LogP contribution in [-0.4, -0.2) is 13.9 Å². The summed E-state index contributed by atoms with van der Waals surface area (Å²) < 4.78 is 63.2. The minimum absolute atomic E-state index is 0.180. The Balaban J connectivity index is 3.21. The van der Waals surface area contributed by atoms with Crippen LogP contribution in [0.5, 0.6) is 5.75 Å². The molecule has 0 aliphatic rings. The topological polar surface area (TPSA) is 43.4 Å². The summed E-state index contributed by atoms with van der Waals surface area (Å²) in [5, 5.41) is 0. The van der Waals surface area contributed by atoms with Crippen LogP contribution in [0.3, 0.4) is 0 Å². The van der Waals surface area contributed by atoms with E-state index in [1.807, 2.05) is 0 Å². The van der Waals surface area contributed by atoms with Crippen LogP contribution in [0.15, 0.2) is 22.7 Å². The molecule has 0 N–H and O–H groups in total. The molecule has 0 aliphatic carbocycles. The Morgan fingerprint density at radius 2 is 1.83 bits per heavy atom. The van der Waals surface area contributed by atoms with Crippen LogP contribution in [0, 0.1) is 0 Å². The van der Waals surface area contributed by atoms with Gasteiger partial charge in [0, 0.05) is 4.47 Å². The quantitative estimate of drug-likeness (QED) is 0.617. The number of hydrogen-bond acceptors (Lipinski definition) is 3. The van der Waals surface area contributed by atoms with E-state index in [2.05, 4.69) is 20.1 Å². The van der Waals surface area contributed by atoms with Gasteiger partial charge in [0.1, 0.15) is 5.75 Å². The SMILES string of the molecule is CC(C)c1cc(Br)ccc1OS(=O)(=O)C(F)(F)F. The second kappa shape index (κ2) is 5.08. The molecular weight excluding hydrogens is 337 g/mol. The molecule has 102 valence electrons. The molecule has 0 fully saturated rings. The van der Waals surface area contributed by atoms with Gasteiger partial charge in [0.05, 0.1) is 0 Å². The molecule has 0 aliphatic heterocycles. The van der Waals surface area contributed by atoms with Crippen molar-refractivity contribution in [1.82, 2.24) is 0 Å². The van der Waals surface area contributed by atoms with Crippen LogP contribution in [0.1, 0.15) is 25.3 Å². The molecule has 3 nitrogen and oxygen atoms in total. The van der Waals surface area contributed by atoms with Gasteiger partial charge < -0.3 is 4.18 Å². The Kier molecular flexibility index (Phi) is 4.32. The normalized spacial score (nSPS) is 12.8. The second-order valence-electron chi connectivity index (χ2n) is 3.82. The van der Waals surface area contributed by atoms with Crippen molar-refractivity contribution in [2.75, 3.05) is 0 Å². The van der Waals surface area contributed by atoms with E-state index in [1.165, 1.54) is 18.2 Å². The van der Waals surface area contributed by atoms with Gasteiger partial charge in [0.15, 0.2) is 0 Å². The Labute approximate surface area is 111 Å². The number of halogens is 4. The summed E-state index contributed by atoms with van der Waals surface area (Å²) in [6, 6.07) is 4.11. The predicted octanol–water partition coefficient (Wildman–Crippen LogP) is 3.80. The lowest BCUT2D eigenvalue weighted by Gasteiger charge is -2.15. The Morgan fingerprint density at radius 3 is 2.28 bits per heavy atom. The van der Waals surface area contributed by atoms with E-state index in [-0.39, 0.29) is 11.7 Å². The minimum atomic E-state index is -5.63. The number of hydrogen-bond donors (Lipinski definition) is 0. The first-order valence-corrected chi connectivity index (χ1v) is 7.05. The van der Waals surface area contributed by atoms with Crippen LogP contribution in [-0.2, 0) is 10.1 Å². The maximum atomic E-state index is 12.2. The monoisotopic (exact) mass is 346 g/mol. The molecule has 1 aromatic rings. The smallest absolute Gasteiger partial charge is 0.376 e. The maximum absolute atomic E-state index is 12.2. The van der Waals surface area contributed by atoms with Crippen LogP contribution < -0.4 is 4.18 Å². The van der Waals surface area contributed by atoms with Gasteiger partial charge in [-0.3, -0.25) is 0 Å². The van der Waals surface area contributed by atoms with Crippen molar-refractivity contribution in [2.45, 2.75) is 25.3 Å². The van der Waals surface area contributed by atoms with Crippen LogP contribution >= 0.6 is 15.9 Å². The molecular formula is C10H10BrF3O3S. The molecule has 0 atom stereocenters. The first-order valence-electron chi connectivity index (χ1n) is 4.85. The van der Waals surface area contributed by atoms with Gasteiger partial charge in [-0.1, -0.05) is 29.8 Å². The van der Waals surface area contributed by atoms with Gasteiger partial charge in [-0.15, -0.1) is 0 Å². The first-order chi connectivity index (χ1) is 8.04. The van der Waals surface area contributed by atoms with Crippen molar-refractivity contribution in [3.8, 4) is 5.75 Å². The molecule has 0 saturated heterocycles. The molecule has 0 unspecified atom stereocenters. The molecule has 0 heterocycles. The molecule has 0 radical (unpaired) electrons. The fraction of sp³-hybridized carbons (Fsp3) is 0.400. The standard InChI is InChI=1S/C10H10BrF3O3S/c1-6(2)8-5-7(11)3-4-9(8)17-18(15,16)10(12,13)14/h3-6H,1-2H3. The Hall–Kier alpha value is -0.760. The van der Waals surface area contributed by atoms with Gasteiger partial charge in [0.25, 0.3) is 0 Å². The molecule has 0 bridgehead atoms. The molecule has 0 spiro atoms. The summed E-state index contributed by atoms with van der Waals surface area (Å²) in [7, 11) is -5.63. The van der Waals surface area contributed by atoms with Crippen molar-refractivity contribution in [1.29, 1.82) is 0 Å². The summed E-state index contributed by atoms with van der Waals surface area (Å²) in [5.41, 5.74) is -5.06. The third-order valence-electron chi connectivity index (χ3n) is 2.08. The molecule has 0 amide bonds. The molecule has 1 aromatic carbocycles. The number of benzene rings is 1. The van der Waals surface area contributed by atoms with E-state index in [0.717, 1.165) is 0 Å². The zero-order valence-electron chi connectivity index (χ0n) is 9.45. The Bertz CT molecular complexity index is 538. The van der Waals surface area contributed by atoms with Crippen molar-refractivity contribution < 1.29 is 25.8 Å². The second-order valence-corrected chi connectivity index (χ2v) is 6.27. The third-order valence-corrected chi connectivity index (χ3v) is 3.54. The van der Waals surface area contributed by atoms with E-state index < -0.39 is 15.6 Å². The number of rotatable bonds is 3. The van der Waals surface area contributed by atoms with E-state index in [4.69, 9.17) is 0 Å². The first kappa shape index (κ1) is 15.3. The average Bonchev–Trinajstić information content (AvgIpc) is 2.18. The van der Waals surface area contributed by atoms with Gasteiger partial charge in [-0.25, -0.2) is 0 Å². The lowest BCUT2D eigenvalue weighted by Crippen LogP contribution is -2.28. The summed E-state index contributed by atoms with van der Waals surface area (Å²) >= 11 is 3.16. The summed E-state index contributed by atoms with van der Waals surface area (Å²) in [4.78, 5) is 0. The lowest BCUT2D eigenvalue weighted by molar-refractivity contribution is -0.0500. The molecule has 1 rings (SSSR count). The zero-order chi connectivity index (χ0) is 14.1. The van der Waals surface area contributed by atoms with E-state index in [9.17, 15) is 21.6 Å². The van der Waals surface area contributed by atoms with Crippen LogP contribution in [0.25, 0.3) is 0 Å². The molecule has 8 heteroatoms. The van der Waals surface area contributed by atoms with Crippen LogP contribution in [0.2, 0.25) is 0 Å². The highest BCUT2D eigenvalue weighted by atomic mass is 79.9. The third kappa shape index (κ3) is 3.38. The van der Waals surface area contributed by atoms with Gasteiger partial charge in [0.2, 0.25) is 0 Å². The molecule has 18 heavy (non-hydrogen) atoms. The minimum Gasteiger partial charge on any atom is -0.376 e. The summed E-state index contributed by atoms with van der Waals surface area (Å²) in [6.07, 6.45) is 0. The van der Waals surface area contributed by atoms with Gasteiger partial charge >= 0.3 is 15.6 Å². The van der Waals surface area contributed by atoms with E-state index in [0.29, 0.717) is 10.0 Å². The van der Waals surface area contributed by atoms with Crippen molar-refractivity contribution in [3.63, 3.8) is 0 Å². The van der Waals surface area contributed by atoms with Crippen molar-refractivity contribution in [3.05, 3.63) is 28.2 Å². The van der Waals surface area contributed by atoms with Crippen molar-refractivity contribution >= 4 is 26.0 Å². The highest BCUT2D eigenvalue weighted by molar-refractivity contribution is 9.10. The highest BCUT2D eigenvalue weighted by Crippen LogP contribution is 2.33. The van der Waals surface area contributed by atoms with Gasteiger partial charge in [-0.2, -0.15) is 21.6 Å². The molecule has 0 aromatic heterocycles. The summed E-state index contributed by atoms with van der Waals surface area (Å²) in [5.74, 6) is -0.494. The van der Waals surface area contributed by atoms with E-state index >= 15 is 0 Å². The highest BCUT2D eigenvalue weighted by Gasteiger charge is 2.48. The molecule has 0 saturated carbocycles. The van der Waals surface area contributed by atoms with Crippen molar-refractivity contribution in [2.24, 2.45) is 0 Å². The van der Waals surface area contributed by atoms with Gasteiger partial charge in [-0.05, 0) is 29.7 Å².